The number of hydrogen-bond acceptors (Lipinski definition) is 4. The molecule has 0 aromatic heterocycles. The highest BCUT2D eigenvalue weighted by Crippen LogP contribution is 2.13. The minimum absolute atomic E-state index is 0.151. The Kier molecular flexibility index (Phi) is 4.95. The second kappa shape index (κ2) is 6.25. The number of methoxy groups -OCH3 is 3. The topological polar surface area (TPSA) is 44.8 Å². The summed E-state index contributed by atoms with van der Waals surface area (Å²) in [6, 6.07) is 5.34. The molecule has 0 unspecified atom stereocenters. The highest BCUT2D eigenvalue weighted by atomic mass is 16.5. The van der Waals surface area contributed by atoms with E-state index in [2.05, 4.69) is 0 Å². The molecule has 0 saturated carbocycles. The van der Waals surface area contributed by atoms with Crippen LogP contribution in [0.2, 0.25) is 0 Å². The molecule has 0 N–H and O–H groups in total. The Morgan fingerprint density at radius 1 is 1.00 bits per heavy atom. The fourth-order valence-electron chi connectivity index (χ4n) is 1.49. The van der Waals surface area contributed by atoms with Gasteiger partial charge in [0.15, 0.2) is 5.75 Å². The molecule has 0 aliphatic rings. The quantitative estimate of drug-likeness (QED) is 0.757. The van der Waals surface area contributed by atoms with Crippen LogP contribution in [0.15, 0.2) is 23.0 Å². The van der Waals surface area contributed by atoms with Crippen molar-refractivity contribution in [2.75, 3.05) is 21.3 Å². The van der Waals surface area contributed by atoms with Gasteiger partial charge in [-0.15, -0.1) is 0 Å². The lowest BCUT2D eigenvalue weighted by molar-refractivity contribution is 0.180. The molecule has 1 aromatic carbocycles. The van der Waals surface area contributed by atoms with Crippen molar-refractivity contribution in [1.82, 2.24) is 0 Å². The lowest BCUT2D eigenvalue weighted by Crippen LogP contribution is -2.11. The first-order valence-corrected chi connectivity index (χ1v) is 4.91. The monoisotopic (exact) mass is 224 g/mol. The molecule has 1 aromatic rings. The van der Waals surface area contributed by atoms with E-state index in [-0.39, 0.29) is 12.0 Å². The van der Waals surface area contributed by atoms with Crippen molar-refractivity contribution >= 4 is 0 Å². The van der Waals surface area contributed by atoms with Gasteiger partial charge in [0.25, 0.3) is 0 Å². The van der Waals surface area contributed by atoms with E-state index >= 15 is 0 Å². The van der Waals surface area contributed by atoms with E-state index < -0.39 is 0 Å². The third-order valence-corrected chi connectivity index (χ3v) is 2.19. The smallest absolute Gasteiger partial charge is 0.226 e. The van der Waals surface area contributed by atoms with Gasteiger partial charge < -0.3 is 14.2 Å². The van der Waals surface area contributed by atoms with Crippen LogP contribution in [0.1, 0.15) is 11.1 Å². The lowest BCUT2D eigenvalue weighted by Gasteiger charge is -2.03. The van der Waals surface area contributed by atoms with Gasteiger partial charge in [0, 0.05) is 25.3 Å². The molecule has 0 amide bonds. The number of hydrogen-bond donors (Lipinski definition) is 0. The predicted molar refractivity (Wildman–Crippen MR) is 60.7 cm³/mol. The van der Waals surface area contributed by atoms with Crippen molar-refractivity contribution in [1.29, 1.82) is 0 Å². The molecule has 88 valence electrons. The largest absolute Gasteiger partial charge is 0.492 e. The van der Waals surface area contributed by atoms with Crippen LogP contribution in [0.25, 0.3) is 0 Å². The van der Waals surface area contributed by atoms with Gasteiger partial charge in [0.2, 0.25) is 5.43 Å². The van der Waals surface area contributed by atoms with Gasteiger partial charge in [0.1, 0.15) is 0 Å². The standard InChI is InChI=1S/C12H16O4/c1-14-7-9-5-4-6-10(8-15-2)12(16-3)11(9)13/h4-6H,7-8H2,1-3H3. The van der Waals surface area contributed by atoms with Gasteiger partial charge in [0.05, 0.1) is 20.3 Å². The first-order valence-electron chi connectivity index (χ1n) is 4.91. The molecule has 0 aliphatic carbocycles. The van der Waals surface area contributed by atoms with Crippen molar-refractivity contribution in [2.45, 2.75) is 13.2 Å². The highest BCUT2D eigenvalue weighted by Gasteiger charge is 2.09. The van der Waals surface area contributed by atoms with E-state index in [1.54, 1.807) is 26.4 Å². The van der Waals surface area contributed by atoms with Crippen LogP contribution in [-0.4, -0.2) is 21.3 Å². The Hall–Kier alpha value is -1.39. The lowest BCUT2D eigenvalue weighted by atomic mass is 10.2. The van der Waals surface area contributed by atoms with Crippen LogP contribution in [0.4, 0.5) is 0 Å². The summed E-state index contributed by atoms with van der Waals surface area (Å²) in [5.41, 5.74) is 1.15. The average Bonchev–Trinajstić information content (AvgIpc) is 2.41. The third kappa shape index (κ3) is 2.81. The van der Waals surface area contributed by atoms with E-state index in [1.807, 2.05) is 6.07 Å². The van der Waals surface area contributed by atoms with Crippen molar-refractivity contribution in [2.24, 2.45) is 0 Å². The third-order valence-electron chi connectivity index (χ3n) is 2.19. The summed E-state index contributed by atoms with van der Waals surface area (Å²) in [4.78, 5) is 12.0. The molecule has 0 aliphatic heterocycles. The van der Waals surface area contributed by atoms with Crippen molar-refractivity contribution < 1.29 is 14.2 Å². The van der Waals surface area contributed by atoms with Crippen LogP contribution < -0.4 is 10.2 Å². The van der Waals surface area contributed by atoms with Gasteiger partial charge in [-0.05, 0) is 0 Å². The van der Waals surface area contributed by atoms with Crippen LogP contribution in [0, 0.1) is 0 Å². The SMILES string of the molecule is COCc1cccc(COC)c(=O)c1OC. The second-order valence-electron chi connectivity index (χ2n) is 3.30. The van der Waals surface area contributed by atoms with E-state index in [4.69, 9.17) is 14.2 Å². The molecule has 0 spiro atoms. The van der Waals surface area contributed by atoms with Crippen LogP contribution in [0.5, 0.6) is 5.75 Å². The Labute approximate surface area is 94.8 Å². The number of ether oxygens (including phenoxy) is 3. The zero-order valence-electron chi connectivity index (χ0n) is 9.78. The Balaban J connectivity index is 3.32. The second-order valence-corrected chi connectivity index (χ2v) is 3.30. The fraction of sp³-hybridized carbons (Fsp3) is 0.417. The van der Waals surface area contributed by atoms with Crippen molar-refractivity contribution in [3.8, 4) is 5.75 Å². The van der Waals surface area contributed by atoms with Crippen LogP contribution in [0.3, 0.4) is 0 Å². The summed E-state index contributed by atoms with van der Waals surface area (Å²) in [5, 5.41) is 0. The zero-order valence-corrected chi connectivity index (χ0v) is 9.78. The normalized spacial score (nSPS) is 10.2. The van der Waals surface area contributed by atoms with E-state index in [9.17, 15) is 4.79 Å². The van der Waals surface area contributed by atoms with E-state index in [1.165, 1.54) is 7.11 Å². The molecule has 0 atom stereocenters. The minimum atomic E-state index is -0.151. The molecule has 0 bridgehead atoms. The van der Waals surface area contributed by atoms with Crippen molar-refractivity contribution in [3.05, 3.63) is 39.5 Å². The maximum atomic E-state index is 12.0. The summed E-state index contributed by atoms with van der Waals surface area (Å²) in [6.45, 7) is 0.621. The molecule has 4 heteroatoms. The molecule has 0 radical (unpaired) electrons. The number of rotatable bonds is 5. The van der Waals surface area contributed by atoms with Gasteiger partial charge in [-0.3, -0.25) is 4.79 Å². The summed E-state index contributed by atoms with van der Waals surface area (Å²) in [5.74, 6) is 0.318. The van der Waals surface area contributed by atoms with E-state index in [0.29, 0.717) is 17.9 Å². The molecular weight excluding hydrogens is 208 g/mol. The van der Waals surface area contributed by atoms with Crippen molar-refractivity contribution in [3.63, 3.8) is 0 Å². The molecule has 0 saturated heterocycles. The summed E-state index contributed by atoms with van der Waals surface area (Å²) < 4.78 is 15.1. The first-order chi connectivity index (χ1) is 7.74. The first kappa shape index (κ1) is 12.7. The Morgan fingerprint density at radius 2 is 1.56 bits per heavy atom. The summed E-state index contributed by atoms with van der Waals surface area (Å²) in [7, 11) is 4.61. The summed E-state index contributed by atoms with van der Waals surface area (Å²) >= 11 is 0. The molecular formula is C12H16O4. The van der Waals surface area contributed by atoms with Crippen LogP contribution >= 0.6 is 0 Å². The van der Waals surface area contributed by atoms with Crippen LogP contribution in [-0.2, 0) is 22.7 Å². The molecule has 0 fully saturated rings. The molecule has 16 heavy (non-hydrogen) atoms. The van der Waals surface area contributed by atoms with Gasteiger partial charge in [-0.2, -0.15) is 0 Å². The Morgan fingerprint density at radius 3 is 2.12 bits per heavy atom. The maximum Gasteiger partial charge on any atom is 0.226 e. The fourth-order valence-corrected chi connectivity index (χ4v) is 1.49. The zero-order chi connectivity index (χ0) is 12.0. The van der Waals surface area contributed by atoms with Gasteiger partial charge >= 0.3 is 0 Å². The minimum Gasteiger partial charge on any atom is -0.492 e. The summed E-state index contributed by atoms with van der Waals surface area (Å²) in [6.07, 6.45) is 0. The molecule has 1 rings (SSSR count). The van der Waals surface area contributed by atoms with Gasteiger partial charge in [-0.25, -0.2) is 0 Å². The predicted octanol–water partition coefficient (Wildman–Crippen LogP) is 1.35. The maximum absolute atomic E-state index is 12.0. The molecule has 4 nitrogen and oxygen atoms in total. The average molecular weight is 224 g/mol. The van der Waals surface area contributed by atoms with E-state index in [0.717, 1.165) is 5.56 Å². The highest BCUT2D eigenvalue weighted by molar-refractivity contribution is 5.35. The van der Waals surface area contributed by atoms with Gasteiger partial charge in [-0.1, -0.05) is 18.2 Å². The molecule has 0 heterocycles. The Bertz CT molecular complexity index is 401.